The molecule has 2 aromatic rings. The SMILES string of the molecule is CC(N)c1ccc(Br)cc1OCc1ccc2c(c1)OCO2. The molecule has 0 spiro atoms. The molecule has 2 N–H and O–H groups in total. The summed E-state index contributed by atoms with van der Waals surface area (Å²) in [4.78, 5) is 0. The van der Waals surface area contributed by atoms with Gasteiger partial charge in [0.25, 0.3) is 0 Å². The van der Waals surface area contributed by atoms with Crippen LogP contribution in [0.3, 0.4) is 0 Å². The van der Waals surface area contributed by atoms with Crippen molar-refractivity contribution in [2.24, 2.45) is 5.73 Å². The predicted molar refractivity (Wildman–Crippen MR) is 83.6 cm³/mol. The Bertz CT molecular complexity index is 658. The zero-order valence-electron chi connectivity index (χ0n) is 11.6. The molecule has 110 valence electrons. The second-order valence-corrected chi connectivity index (χ2v) is 5.86. The number of fused-ring (bicyclic) bond motifs is 1. The Morgan fingerprint density at radius 3 is 2.81 bits per heavy atom. The zero-order valence-corrected chi connectivity index (χ0v) is 13.2. The molecule has 1 aliphatic rings. The van der Waals surface area contributed by atoms with Crippen LogP contribution in [0.4, 0.5) is 0 Å². The van der Waals surface area contributed by atoms with Crippen LogP contribution in [-0.4, -0.2) is 6.79 Å². The van der Waals surface area contributed by atoms with E-state index in [1.165, 1.54) is 0 Å². The summed E-state index contributed by atoms with van der Waals surface area (Å²) in [6.45, 7) is 2.67. The van der Waals surface area contributed by atoms with Gasteiger partial charge in [-0.1, -0.05) is 28.1 Å². The minimum Gasteiger partial charge on any atom is -0.489 e. The highest BCUT2D eigenvalue weighted by Crippen LogP contribution is 2.33. The van der Waals surface area contributed by atoms with Crippen LogP contribution in [0.5, 0.6) is 17.2 Å². The van der Waals surface area contributed by atoms with Gasteiger partial charge in [-0.15, -0.1) is 0 Å². The molecule has 0 saturated carbocycles. The van der Waals surface area contributed by atoms with Gasteiger partial charge in [0.15, 0.2) is 11.5 Å². The van der Waals surface area contributed by atoms with E-state index in [4.69, 9.17) is 19.9 Å². The summed E-state index contributed by atoms with van der Waals surface area (Å²) < 4.78 is 17.5. The van der Waals surface area contributed by atoms with Crippen molar-refractivity contribution in [1.82, 2.24) is 0 Å². The van der Waals surface area contributed by atoms with Crippen LogP contribution >= 0.6 is 15.9 Å². The van der Waals surface area contributed by atoms with E-state index in [-0.39, 0.29) is 12.8 Å². The maximum Gasteiger partial charge on any atom is 0.231 e. The molecule has 0 fully saturated rings. The fourth-order valence-electron chi connectivity index (χ4n) is 2.20. The maximum atomic E-state index is 5.98. The van der Waals surface area contributed by atoms with E-state index in [0.717, 1.165) is 32.8 Å². The molecule has 1 heterocycles. The average Bonchev–Trinajstić information content (AvgIpc) is 2.92. The van der Waals surface area contributed by atoms with Crippen LogP contribution in [0.15, 0.2) is 40.9 Å². The van der Waals surface area contributed by atoms with Crippen LogP contribution in [0.2, 0.25) is 0 Å². The van der Waals surface area contributed by atoms with Gasteiger partial charge in [0, 0.05) is 16.1 Å². The molecular weight excluding hydrogens is 334 g/mol. The third kappa shape index (κ3) is 3.14. The van der Waals surface area contributed by atoms with Gasteiger partial charge < -0.3 is 19.9 Å². The average molecular weight is 350 g/mol. The Balaban J connectivity index is 1.77. The van der Waals surface area contributed by atoms with Gasteiger partial charge >= 0.3 is 0 Å². The molecule has 0 saturated heterocycles. The molecule has 5 heteroatoms. The molecular formula is C16H16BrNO3. The number of hydrogen-bond acceptors (Lipinski definition) is 4. The van der Waals surface area contributed by atoms with E-state index in [9.17, 15) is 0 Å². The van der Waals surface area contributed by atoms with Crippen LogP contribution in [0.25, 0.3) is 0 Å². The molecule has 2 aromatic carbocycles. The van der Waals surface area contributed by atoms with E-state index in [1.54, 1.807) is 0 Å². The lowest BCUT2D eigenvalue weighted by atomic mass is 10.1. The molecule has 0 aliphatic carbocycles. The lowest BCUT2D eigenvalue weighted by molar-refractivity contribution is 0.174. The third-order valence-electron chi connectivity index (χ3n) is 3.30. The van der Waals surface area contributed by atoms with E-state index < -0.39 is 0 Å². The minimum absolute atomic E-state index is 0.0788. The lowest BCUT2D eigenvalue weighted by Gasteiger charge is -2.14. The first kappa shape index (κ1) is 14.2. The summed E-state index contributed by atoms with van der Waals surface area (Å²) >= 11 is 3.45. The Kier molecular flexibility index (Phi) is 4.03. The van der Waals surface area contributed by atoms with Crippen molar-refractivity contribution in [2.75, 3.05) is 6.79 Å². The molecule has 0 aromatic heterocycles. The Morgan fingerprint density at radius 2 is 2.00 bits per heavy atom. The van der Waals surface area contributed by atoms with Gasteiger partial charge in [-0.3, -0.25) is 0 Å². The van der Waals surface area contributed by atoms with Crippen molar-refractivity contribution in [3.63, 3.8) is 0 Å². The van der Waals surface area contributed by atoms with Crippen LogP contribution in [0, 0.1) is 0 Å². The second kappa shape index (κ2) is 5.95. The van der Waals surface area contributed by atoms with E-state index >= 15 is 0 Å². The quantitative estimate of drug-likeness (QED) is 0.912. The molecule has 1 aliphatic heterocycles. The number of nitrogens with two attached hydrogens (primary N) is 1. The van der Waals surface area contributed by atoms with Crippen molar-refractivity contribution in [3.8, 4) is 17.2 Å². The van der Waals surface area contributed by atoms with Gasteiger partial charge in [-0.2, -0.15) is 0 Å². The van der Waals surface area contributed by atoms with Crippen molar-refractivity contribution in [1.29, 1.82) is 0 Å². The Labute approximate surface area is 131 Å². The summed E-state index contributed by atoms with van der Waals surface area (Å²) in [5.41, 5.74) is 7.98. The molecule has 1 unspecified atom stereocenters. The first-order valence-corrected chi connectivity index (χ1v) is 7.49. The van der Waals surface area contributed by atoms with E-state index in [1.807, 2.05) is 43.3 Å². The van der Waals surface area contributed by atoms with E-state index in [2.05, 4.69) is 15.9 Å². The molecule has 3 rings (SSSR count). The van der Waals surface area contributed by atoms with Gasteiger partial charge in [-0.25, -0.2) is 0 Å². The first-order valence-electron chi connectivity index (χ1n) is 6.70. The van der Waals surface area contributed by atoms with Gasteiger partial charge in [-0.05, 0) is 36.8 Å². The highest BCUT2D eigenvalue weighted by atomic mass is 79.9. The summed E-state index contributed by atoms with van der Waals surface area (Å²) in [5.74, 6) is 2.33. The zero-order chi connectivity index (χ0) is 14.8. The molecule has 21 heavy (non-hydrogen) atoms. The summed E-state index contributed by atoms with van der Waals surface area (Å²) in [5, 5.41) is 0. The standard InChI is InChI=1S/C16H16BrNO3/c1-10(18)13-4-3-12(17)7-15(13)19-8-11-2-5-14-16(6-11)21-9-20-14/h2-7,10H,8-9,18H2,1H3. The van der Waals surface area contributed by atoms with Crippen LogP contribution in [0.1, 0.15) is 24.1 Å². The topological polar surface area (TPSA) is 53.7 Å². The van der Waals surface area contributed by atoms with Crippen LogP contribution in [-0.2, 0) is 6.61 Å². The lowest BCUT2D eigenvalue weighted by Crippen LogP contribution is -2.08. The molecule has 0 amide bonds. The van der Waals surface area contributed by atoms with Crippen molar-refractivity contribution >= 4 is 15.9 Å². The normalized spacial score (nSPS) is 14.0. The first-order chi connectivity index (χ1) is 10.1. The number of hydrogen-bond donors (Lipinski definition) is 1. The van der Waals surface area contributed by atoms with Gasteiger partial charge in [0.05, 0.1) is 0 Å². The van der Waals surface area contributed by atoms with E-state index in [0.29, 0.717) is 6.61 Å². The van der Waals surface area contributed by atoms with Crippen molar-refractivity contribution < 1.29 is 14.2 Å². The summed E-state index contributed by atoms with van der Waals surface area (Å²) in [7, 11) is 0. The highest BCUT2D eigenvalue weighted by molar-refractivity contribution is 9.10. The Morgan fingerprint density at radius 1 is 1.19 bits per heavy atom. The predicted octanol–water partition coefficient (Wildman–Crippen LogP) is 3.78. The van der Waals surface area contributed by atoms with Gasteiger partial charge in [0.2, 0.25) is 6.79 Å². The number of rotatable bonds is 4. The smallest absolute Gasteiger partial charge is 0.231 e. The number of ether oxygens (including phenoxy) is 3. The molecule has 1 atom stereocenters. The maximum absolute atomic E-state index is 5.98. The summed E-state index contributed by atoms with van der Waals surface area (Å²) in [6, 6.07) is 11.6. The third-order valence-corrected chi connectivity index (χ3v) is 3.79. The molecule has 4 nitrogen and oxygen atoms in total. The monoisotopic (exact) mass is 349 g/mol. The number of benzene rings is 2. The minimum atomic E-state index is -0.0788. The second-order valence-electron chi connectivity index (χ2n) is 4.95. The van der Waals surface area contributed by atoms with Gasteiger partial charge in [0.1, 0.15) is 12.4 Å². The van der Waals surface area contributed by atoms with Crippen molar-refractivity contribution in [2.45, 2.75) is 19.6 Å². The summed E-state index contributed by atoms with van der Waals surface area (Å²) in [6.07, 6.45) is 0. The van der Waals surface area contributed by atoms with Crippen LogP contribution < -0.4 is 19.9 Å². The number of halogens is 1. The largest absolute Gasteiger partial charge is 0.489 e. The van der Waals surface area contributed by atoms with Crippen molar-refractivity contribution in [3.05, 3.63) is 52.0 Å². The fourth-order valence-corrected chi connectivity index (χ4v) is 2.54. The Hall–Kier alpha value is -1.72. The fraction of sp³-hybridized carbons (Fsp3) is 0.250. The molecule has 0 radical (unpaired) electrons. The highest BCUT2D eigenvalue weighted by Gasteiger charge is 2.14. The molecule has 0 bridgehead atoms.